The fraction of sp³-hybridized carbons (Fsp3) is 0.154. The zero-order chi connectivity index (χ0) is 26.8. The van der Waals surface area contributed by atoms with Crippen molar-refractivity contribution in [3.8, 4) is 22.5 Å². The molecule has 0 fully saturated rings. The van der Waals surface area contributed by atoms with E-state index in [9.17, 15) is 9.59 Å². The van der Waals surface area contributed by atoms with Gasteiger partial charge in [0.1, 0.15) is 11.3 Å². The van der Waals surface area contributed by atoms with Crippen molar-refractivity contribution in [3.63, 3.8) is 0 Å². The third-order valence-corrected chi connectivity index (χ3v) is 7.71. The number of esters is 1. The molecule has 0 atom stereocenters. The van der Waals surface area contributed by atoms with E-state index in [1.54, 1.807) is 30.9 Å². The Morgan fingerprint density at radius 1 is 0.881 bits per heavy atom. The van der Waals surface area contributed by atoms with E-state index in [1.807, 2.05) is 23.7 Å². The first-order valence-corrected chi connectivity index (χ1v) is 14.3. The Morgan fingerprint density at radius 2 is 1.33 bits per heavy atom. The number of hydrogen-bond acceptors (Lipinski definition) is 10. The number of hydrogen-bond donors (Lipinski definition) is 3. The number of ether oxygens (including phenoxy) is 1. The van der Waals surface area contributed by atoms with Crippen LogP contribution in [0.5, 0.6) is 0 Å². The van der Waals surface area contributed by atoms with Gasteiger partial charge in [-0.2, -0.15) is 0 Å². The number of aromatic carboxylic acids is 1. The quantitative estimate of drug-likeness (QED) is 0.165. The van der Waals surface area contributed by atoms with Gasteiger partial charge in [0, 0.05) is 66.4 Å². The van der Waals surface area contributed by atoms with Crippen LogP contribution in [-0.2, 0) is 4.74 Å². The Labute approximate surface area is 277 Å². The molecule has 0 aliphatic rings. The van der Waals surface area contributed by atoms with Crippen molar-refractivity contribution in [3.05, 3.63) is 66.6 Å². The smallest absolute Gasteiger partial charge is 0.870 e. The zero-order valence-electron chi connectivity index (χ0n) is 20.8. The van der Waals surface area contributed by atoms with Gasteiger partial charge in [0.15, 0.2) is 0 Å². The Bertz CT molecular complexity index is 1800. The number of fused-ring (bicyclic) bond motifs is 2. The van der Waals surface area contributed by atoms with Gasteiger partial charge in [0.05, 0.1) is 18.0 Å². The number of aromatic nitrogens is 6. The van der Waals surface area contributed by atoms with E-state index in [0.29, 0.717) is 17.3 Å². The molecular formula is C26H25Br2LiN6O5S2. The number of carboxylic acids is 1. The number of H-pyrrole nitrogens is 2. The van der Waals surface area contributed by atoms with E-state index < -0.39 is 5.97 Å². The fourth-order valence-corrected chi connectivity index (χ4v) is 5.59. The van der Waals surface area contributed by atoms with Crippen LogP contribution in [0.3, 0.4) is 0 Å². The number of thiazole rings is 2. The van der Waals surface area contributed by atoms with Crippen LogP contribution in [-0.4, -0.2) is 59.0 Å². The maximum absolute atomic E-state index is 11.6. The molecule has 42 heavy (non-hydrogen) atoms. The molecule has 6 aromatic heterocycles. The molecule has 216 valence electrons. The molecule has 11 nitrogen and oxygen atoms in total. The molecule has 16 heteroatoms. The van der Waals surface area contributed by atoms with Crippen LogP contribution in [0.4, 0.5) is 0 Å². The number of carbonyl (C=O) groups excluding carboxylic acids is 1. The van der Waals surface area contributed by atoms with Gasteiger partial charge in [-0.1, -0.05) is 14.9 Å². The van der Waals surface area contributed by atoms with Gasteiger partial charge < -0.3 is 25.3 Å². The summed E-state index contributed by atoms with van der Waals surface area (Å²) in [5, 5.41) is 14.8. The van der Waals surface area contributed by atoms with Crippen LogP contribution in [0, 0.1) is 0 Å². The number of halogens is 2. The van der Waals surface area contributed by atoms with Gasteiger partial charge in [-0.3, -0.25) is 0 Å². The maximum atomic E-state index is 11.6. The van der Waals surface area contributed by atoms with Gasteiger partial charge in [-0.25, -0.2) is 29.5 Å². The second kappa shape index (κ2) is 16.1. The molecule has 0 amide bonds. The predicted octanol–water partition coefficient (Wildman–Crippen LogP) is 4.87. The third kappa shape index (κ3) is 7.93. The topological polar surface area (TPSA) is 177 Å². The van der Waals surface area contributed by atoms with Gasteiger partial charge in [-0.15, -0.1) is 22.7 Å². The summed E-state index contributed by atoms with van der Waals surface area (Å²) in [4.78, 5) is 45.5. The molecule has 6 rings (SSSR count). The Balaban J connectivity index is 0.000000385. The second-order valence-corrected chi connectivity index (χ2v) is 11.2. The average Bonchev–Trinajstić information content (AvgIpc) is 3.69. The minimum absolute atomic E-state index is 0. The summed E-state index contributed by atoms with van der Waals surface area (Å²) in [7, 11) is 0. The van der Waals surface area contributed by atoms with Gasteiger partial charge in [0.25, 0.3) is 0 Å². The minimum Gasteiger partial charge on any atom is -0.870 e. The third-order valence-electron chi connectivity index (χ3n) is 5.19. The molecule has 4 N–H and O–H groups in total. The number of nitrogens with one attached hydrogen (secondary N) is 2. The number of pyridine rings is 2. The summed E-state index contributed by atoms with van der Waals surface area (Å²) in [6.07, 6.45) is 7.05. The summed E-state index contributed by atoms with van der Waals surface area (Å²) in [5.74, 6) is -1.40. The first kappa shape index (κ1) is 37.1. The Morgan fingerprint density at radius 3 is 1.76 bits per heavy atom. The number of carbonyl (C=O) groups is 2. The first-order chi connectivity index (χ1) is 18.3. The first-order valence-electron chi connectivity index (χ1n) is 10.9. The van der Waals surface area contributed by atoms with Gasteiger partial charge >= 0.3 is 30.8 Å². The fourth-order valence-electron chi connectivity index (χ4n) is 3.56. The number of rotatable bonds is 5. The molecule has 0 unspecified atom stereocenters. The largest absolute Gasteiger partial charge is 1.00 e. The minimum atomic E-state index is -1.01. The second-order valence-electron chi connectivity index (χ2n) is 7.61. The molecule has 0 aliphatic carbocycles. The van der Waals surface area contributed by atoms with Crippen molar-refractivity contribution in [2.24, 2.45) is 0 Å². The average molecular weight is 732 g/mol. The van der Waals surface area contributed by atoms with Crippen LogP contribution in [0.25, 0.3) is 44.6 Å². The van der Waals surface area contributed by atoms with Crippen LogP contribution in [0.1, 0.15) is 41.4 Å². The molecule has 0 saturated carbocycles. The molecule has 6 aromatic rings. The number of carboxylic acid groups (broad SMARTS) is 1. The van der Waals surface area contributed by atoms with Crippen LogP contribution >= 0.6 is 54.5 Å². The molecule has 0 saturated heterocycles. The monoisotopic (exact) mass is 730 g/mol. The Hall–Kier alpha value is -2.90. The molecule has 6 heterocycles. The van der Waals surface area contributed by atoms with Crippen LogP contribution in [0.2, 0.25) is 0 Å². The van der Waals surface area contributed by atoms with Crippen molar-refractivity contribution in [1.82, 2.24) is 29.9 Å². The van der Waals surface area contributed by atoms with Crippen molar-refractivity contribution in [1.29, 1.82) is 0 Å². The predicted molar refractivity (Wildman–Crippen MR) is 168 cm³/mol. The van der Waals surface area contributed by atoms with Crippen molar-refractivity contribution in [2.45, 2.75) is 21.8 Å². The molecular weight excluding hydrogens is 707 g/mol. The molecule has 0 aliphatic heterocycles. The molecule has 0 bridgehead atoms. The number of nitrogens with zero attached hydrogens (tertiary/aromatic N) is 4. The SMILES string of the molecule is C.C.CCOC(=O)c1nc(-c2c[nH]c3ncc(Br)cc23)cs1.O=C(O)c1nc(-c2c[nH]c3ncc(Br)cc23)cs1.[Li+].[OH-]. The normalized spacial score (nSPS) is 9.88. The summed E-state index contributed by atoms with van der Waals surface area (Å²) in [6, 6.07) is 3.89. The van der Waals surface area contributed by atoms with Crippen LogP contribution < -0.4 is 18.9 Å². The summed E-state index contributed by atoms with van der Waals surface area (Å²) in [5.41, 5.74) is 4.68. The van der Waals surface area contributed by atoms with E-state index >= 15 is 0 Å². The molecule has 0 aromatic carbocycles. The summed E-state index contributed by atoms with van der Waals surface area (Å²) < 4.78 is 6.71. The van der Waals surface area contributed by atoms with Gasteiger partial charge in [0.2, 0.25) is 10.0 Å². The Kier molecular flexibility index (Phi) is 14.2. The summed E-state index contributed by atoms with van der Waals surface area (Å²) >= 11 is 9.16. The van der Waals surface area contributed by atoms with Crippen molar-refractivity contribution < 1.29 is 43.8 Å². The zero-order valence-corrected chi connectivity index (χ0v) is 25.6. The van der Waals surface area contributed by atoms with Crippen molar-refractivity contribution in [2.75, 3.05) is 6.61 Å². The van der Waals surface area contributed by atoms with Gasteiger partial charge in [-0.05, 0) is 50.9 Å². The van der Waals surface area contributed by atoms with E-state index in [-0.39, 0.29) is 50.2 Å². The van der Waals surface area contributed by atoms with Crippen LogP contribution in [0.15, 0.2) is 56.6 Å². The maximum Gasteiger partial charge on any atom is 1.00 e. The number of aromatic amines is 2. The molecule has 0 radical (unpaired) electrons. The van der Waals surface area contributed by atoms with E-state index in [1.165, 1.54) is 11.3 Å². The van der Waals surface area contributed by atoms with Crippen molar-refractivity contribution >= 4 is 88.5 Å². The van der Waals surface area contributed by atoms with E-state index in [4.69, 9.17) is 9.84 Å². The van der Waals surface area contributed by atoms with E-state index in [2.05, 4.69) is 61.8 Å². The molecule has 0 spiro atoms. The standard InChI is InChI=1S/C13H10BrN3O2S.C11H6BrN3O2S.2CH4.Li.H2O/c1-2-19-13(18)12-17-10(6-20-12)9-5-16-11-8(9)3-7(14)4-15-11;12-5-1-6-7(3-14-9(6)13-2-5)8-4-18-10(15-8)11(16)17;;;;/h3-6H,2H2,1H3,(H,15,16);1-4H,(H,13,14)(H,16,17);2*1H4;;1H2/q;;;;+1;/p-1. The van der Waals surface area contributed by atoms with E-state index in [0.717, 1.165) is 59.2 Å². The summed E-state index contributed by atoms with van der Waals surface area (Å²) in [6.45, 7) is 2.12.